The van der Waals surface area contributed by atoms with Crippen molar-refractivity contribution in [1.29, 1.82) is 0 Å². The lowest BCUT2D eigenvalue weighted by Crippen LogP contribution is -2.17. The molecule has 0 unspecified atom stereocenters. The van der Waals surface area contributed by atoms with Gasteiger partial charge in [-0.1, -0.05) is 23.7 Å². The van der Waals surface area contributed by atoms with Crippen LogP contribution >= 0.6 is 22.9 Å². The smallest absolute Gasteiger partial charge is 0.271 e. The van der Waals surface area contributed by atoms with Crippen molar-refractivity contribution < 1.29 is 19.4 Å². The molecule has 0 aliphatic rings. The van der Waals surface area contributed by atoms with Gasteiger partial charge in [-0.25, -0.2) is 5.43 Å². The number of nitrogens with one attached hydrogen (secondary N) is 2. The minimum Gasteiger partial charge on any atom is -0.504 e. The van der Waals surface area contributed by atoms with Crippen LogP contribution in [0.25, 0.3) is 10.1 Å². The van der Waals surface area contributed by atoms with Crippen molar-refractivity contribution in [2.45, 2.75) is 6.92 Å². The second kappa shape index (κ2) is 9.94. The van der Waals surface area contributed by atoms with E-state index in [9.17, 15) is 14.7 Å². The fourth-order valence-corrected chi connectivity index (χ4v) is 4.74. The Morgan fingerprint density at radius 1 is 1.06 bits per heavy atom. The molecule has 7 nitrogen and oxygen atoms in total. The number of nitrogens with zero attached hydrogens (tertiary/aromatic N) is 1. The van der Waals surface area contributed by atoms with Crippen molar-refractivity contribution in [1.82, 2.24) is 5.43 Å². The Morgan fingerprint density at radius 3 is 2.53 bits per heavy atom. The highest BCUT2D eigenvalue weighted by Gasteiger charge is 2.17. The van der Waals surface area contributed by atoms with E-state index in [2.05, 4.69) is 15.8 Å². The molecule has 0 spiro atoms. The molecular formula is C25H20ClN3O4S. The van der Waals surface area contributed by atoms with Crippen molar-refractivity contribution >= 4 is 56.7 Å². The summed E-state index contributed by atoms with van der Waals surface area (Å²) in [5, 5.41) is 17.8. The number of amides is 2. The van der Waals surface area contributed by atoms with Crippen LogP contribution in [0.15, 0.2) is 65.8 Å². The van der Waals surface area contributed by atoms with Crippen molar-refractivity contribution in [2.24, 2.45) is 5.10 Å². The lowest BCUT2D eigenvalue weighted by molar-refractivity contribution is 0.0954. The van der Waals surface area contributed by atoms with E-state index in [1.54, 1.807) is 36.4 Å². The molecule has 3 aromatic carbocycles. The maximum absolute atomic E-state index is 12.7. The molecule has 2 amide bonds. The first-order valence-electron chi connectivity index (χ1n) is 10.2. The third-order valence-electron chi connectivity index (χ3n) is 4.98. The van der Waals surface area contributed by atoms with E-state index in [0.717, 1.165) is 15.6 Å². The molecule has 0 aliphatic carbocycles. The van der Waals surface area contributed by atoms with Crippen molar-refractivity contribution in [3.63, 3.8) is 0 Å². The summed E-state index contributed by atoms with van der Waals surface area (Å²) in [6.07, 6.45) is 1.40. The van der Waals surface area contributed by atoms with Gasteiger partial charge in [-0.15, -0.1) is 11.3 Å². The number of aromatic hydroxyl groups is 1. The van der Waals surface area contributed by atoms with Gasteiger partial charge in [0.05, 0.1) is 18.3 Å². The number of aryl methyl sites for hydroxylation is 1. The van der Waals surface area contributed by atoms with Gasteiger partial charge < -0.3 is 15.2 Å². The summed E-state index contributed by atoms with van der Waals surface area (Å²) in [5.41, 5.74) is 5.00. The molecule has 0 saturated heterocycles. The summed E-state index contributed by atoms with van der Waals surface area (Å²) in [7, 11) is 1.46. The fourth-order valence-electron chi connectivity index (χ4n) is 3.23. The van der Waals surface area contributed by atoms with E-state index in [1.807, 2.05) is 25.1 Å². The molecule has 1 aromatic heterocycles. The molecule has 0 radical (unpaired) electrons. The SMILES string of the molecule is COc1ccc(/C=N\NC(=O)c2ccc(NC(=O)c3sc4cc(C)ccc4c3Cl)cc2)cc1O. The van der Waals surface area contributed by atoms with Gasteiger partial charge in [0.25, 0.3) is 11.8 Å². The summed E-state index contributed by atoms with van der Waals surface area (Å²) in [5.74, 6) is -0.413. The van der Waals surface area contributed by atoms with Crippen LogP contribution in [0.1, 0.15) is 31.2 Å². The van der Waals surface area contributed by atoms with E-state index in [0.29, 0.717) is 32.5 Å². The van der Waals surface area contributed by atoms with Gasteiger partial charge in [0.1, 0.15) is 4.88 Å². The van der Waals surface area contributed by atoms with Crippen molar-refractivity contribution in [3.05, 3.63) is 87.3 Å². The number of fused-ring (bicyclic) bond motifs is 1. The van der Waals surface area contributed by atoms with Gasteiger partial charge in [0.2, 0.25) is 0 Å². The van der Waals surface area contributed by atoms with Crippen LogP contribution < -0.4 is 15.5 Å². The fraction of sp³-hybridized carbons (Fsp3) is 0.0800. The molecule has 4 aromatic rings. The summed E-state index contributed by atoms with van der Waals surface area (Å²) >= 11 is 7.75. The van der Waals surface area contributed by atoms with Crippen LogP contribution in [0.5, 0.6) is 11.5 Å². The molecule has 1 heterocycles. The highest BCUT2D eigenvalue weighted by atomic mass is 35.5. The summed E-state index contributed by atoms with van der Waals surface area (Å²) < 4.78 is 5.94. The first kappa shape index (κ1) is 23.3. The number of anilines is 1. The molecule has 9 heteroatoms. The number of carbonyl (C=O) groups excluding carboxylic acids is 2. The number of rotatable bonds is 6. The van der Waals surface area contributed by atoms with Crippen LogP contribution in [-0.4, -0.2) is 30.2 Å². The van der Waals surface area contributed by atoms with Crippen LogP contribution in [-0.2, 0) is 0 Å². The maximum atomic E-state index is 12.7. The van der Waals surface area contributed by atoms with Gasteiger partial charge >= 0.3 is 0 Å². The summed E-state index contributed by atoms with van der Waals surface area (Å²) in [6.45, 7) is 1.99. The number of hydrazone groups is 1. The highest BCUT2D eigenvalue weighted by Crippen LogP contribution is 2.36. The minimum absolute atomic E-state index is 0.0255. The van der Waals surface area contributed by atoms with Crippen LogP contribution in [0.3, 0.4) is 0 Å². The second-order valence-electron chi connectivity index (χ2n) is 7.41. The number of phenolic OH excluding ortho intramolecular Hbond substituents is 1. The number of methoxy groups -OCH3 is 1. The van der Waals surface area contributed by atoms with Gasteiger partial charge in [-0.3, -0.25) is 9.59 Å². The quantitative estimate of drug-likeness (QED) is 0.240. The Bertz CT molecular complexity index is 1410. The van der Waals surface area contributed by atoms with Crippen LogP contribution in [0.4, 0.5) is 5.69 Å². The summed E-state index contributed by atoms with van der Waals surface area (Å²) in [4.78, 5) is 25.5. The third-order valence-corrected chi connectivity index (χ3v) is 6.63. The molecule has 3 N–H and O–H groups in total. The van der Waals surface area contributed by atoms with E-state index in [4.69, 9.17) is 16.3 Å². The molecule has 34 heavy (non-hydrogen) atoms. The normalized spacial score (nSPS) is 11.0. The monoisotopic (exact) mass is 493 g/mol. The predicted octanol–water partition coefficient (Wildman–Crippen LogP) is 5.59. The number of hydrogen-bond acceptors (Lipinski definition) is 6. The first-order chi connectivity index (χ1) is 16.4. The average molecular weight is 494 g/mol. The molecule has 0 bridgehead atoms. The number of thiophene rings is 1. The van der Waals surface area contributed by atoms with E-state index in [-0.39, 0.29) is 11.7 Å². The standard InChI is InChI=1S/C25H20ClN3O4S/c1-14-3-9-18-21(11-14)34-23(22(18)26)25(32)28-17-7-5-16(6-8-17)24(31)29-27-13-15-4-10-20(33-2)19(30)12-15/h3-13,30H,1-2H3,(H,28,32)(H,29,31)/b27-13-. The number of benzene rings is 3. The minimum atomic E-state index is -0.421. The average Bonchev–Trinajstić information content (AvgIpc) is 3.15. The lowest BCUT2D eigenvalue weighted by Gasteiger charge is -2.06. The van der Waals surface area contributed by atoms with E-state index < -0.39 is 5.91 Å². The van der Waals surface area contributed by atoms with Gasteiger partial charge in [0, 0.05) is 21.3 Å². The van der Waals surface area contributed by atoms with Gasteiger partial charge in [-0.05, 0) is 66.6 Å². The Kier molecular flexibility index (Phi) is 6.81. The molecule has 4 rings (SSSR count). The molecule has 172 valence electrons. The number of ether oxygens (including phenoxy) is 1. The maximum Gasteiger partial charge on any atom is 0.271 e. The zero-order valence-corrected chi connectivity index (χ0v) is 19.8. The number of hydrogen-bond donors (Lipinski definition) is 3. The molecule has 0 fully saturated rings. The molecule has 0 aliphatic heterocycles. The van der Waals surface area contributed by atoms with E-state index in [1.165, 1.54) is 30.7 Å². The summed E-state index contributed by atoms with van der Waals surface area (Å²) in [6, 6.07) is 17.0. The molecule has 0 atom stereocenters. The largest absolute Gasteiger partial charge is 0.504 e. The van der Waals surface area contributed by atoms with Crippen molar-refractivity contribution in [2.75, 3.05) is 12.4 Å². The van der Waals surface area contributed by atoms with Crippen LogP contribution in [0.2, 0.25) is 5.02 Å². The second-order valence-corrected chi connectivity index (χ2v) is 8.84. The number of halogens is 1. The van der Waals surface area contributed by atoms with Gasteiger partial charge in [-0.2, -0.15) is 5.10 Å². The predicted molar refractivity (Wildman–Crippen MR) is 136 cm³/mol. The van der Waals surface area contributed by atoms with Gasteiger partial charge in [0.15, 0.2) is 11.5 Å². The zero-order valence-electron chi connectivity index (χ0n) is 18.3. The lowest BCUT2D eigenvalue weighted by atomic mass is 10.2. The van der Waals surface area contributed by atoms with E-state index >= 15 is 0 Å². The number of carbonyl (C=O) groups is 2. The number of phenols is 1. The third kappa shape index (κ3) is 5.03. The molecule has 0 saturated carbocycles. The first-order valence-corrected chi connectivity index (χ1v) is 11.4. The Hall–Kier alpha value is -3.88. The Balaban J connectivity index is 1.39. The Labute approximate surface area is 204 Å². The highest BCUT2D eigenvalue weighted by molar-refractivity contribution is 7.21. The molecular weight excluding hydrogens is 474 g/mol. The zero-order chi connectivity index (χ0) is 24.2. The van der Waals surface area contributed by atoms with Crippen LogP contribution in [0, 0.1) is 6.92 Å². The topological polar surface area (TPSA) is 100 Å². The Morgan fingerprint density at radius 2 is 1.82 bits per heavy atom. The van der Waals surface area contributed by atoms with Crippen molar-refractivity contribution in [3.8, 4) is 11.5 Å².